The molecule has 0 atom stereocenters. The molecule has 0 fully saturated rings. The number of ether oxygens (including phenoxy) is 2. The molecule has 2 aromatic carbocycles. The summed E-state index contributed by atoms with van der Waals surface area (Å²) in [5.41, 5.74) is 2.67. The van der Waals surface area contributed by atoms with Crippen molar-refractivity contribution in [1.82, 2.24) is 0 Å². The number of benzene rings is 2. The van der Waals surface area contributed by atoms with Gasteiger partial charge in [0.05, 0.1) is 18.6 Å². The fourth-order valence-electron chi connectivity index (χ4n) is 2.97. The Kier molecular flexibility index (Phi) is 11.3. The van der Waals surface area contributed by atoms with E-state index in [4.69, 9.17) is 9.47 Å². The van der Waals surface area contributed by atoms with Gasteiger partial charge in [0.2, 0.25) is 5.91 Å². The number of anilines is 2. The van der Waals surface area contributed by atoms with Gasteiger partial charge in [-0.15, -0.1) is 0 Å². The van der Waals surface area contributed by atoms with Gasteiger partial charge in [0.15, 0.2) is 6.61 Å². The van der Waals surface area contributed by atoms with Gasteiger partial charge in [-0.25, -0.2) is 4.79 Å². The minimum Gasteiger partial charge on any atom is -0.462 e. The fraction of sp³-hybridized carbons (Fsp3) is 0.385. The van der Waals surface area contributed by atoms with Crippen molar-refractivity contribution in [2.75, 3.05) is 23.8 Å². The molecule has 0 heterocycles. The quantitative estimate of drug-likeness (QED) is 0.331. The zero-order valence-electron chi connectivity index (χ0n) is 19.7. The van der Waals surface area contributed by atoms with Crippen molar-refractivity contribution in [2.45, 2.75) is 52.4 Å². The number of hydrogen-bond acceptors (Lipinski definition) is 6. The number of carbonyl (C=O) groups is 4. The van der Waals surface area contributed by atoms with E-state index in [0.717, 1.165) is 31.2 Å². The van der Waals surface area contributed by atoms with E-state index in [-0.39, 0.29) is 18.7 Å². The number of unbranched alkanes of at least 4 members (excludes halogenated alkanes) is 2. The molecule has 182 valence electrons. The normalized spacial score (nSPS) is 10.3. The topological polar surface area (TPSA) is 111 Å². The molecule has 0 spiro atoms. The largest absolute Gasteiger partial charge is 0.462 e. The maximum atomic E-state index is 12.1. The van der Waals surface area contributed by atoms with E-state index < -0.39 is 24.5 Å². The highest BCUT2D eigenvalue weighted by atomic mass is 16.5. The molecule has 2 rings (SSSR count). The molecule has 34 heavy (non-hydrogen) atoms. The zero-order chi connectivity index (χ0) is 24.8. The van der Waals surface area contributed by atoms with Crippen LogP contribution in [-0.4, -0.2) is 37.0 Å². The van der Waals surface area contributed by atoms with Crippen molar-refractivity contribution in [3.05, 3.63) is 59.7 Å². The van der Waals surface area contributed by atoms with Crippen LogP contribution >= 0.6 is 0 Å². The van der Waals surface area contributed by atoms with Gasteiger partial charge in [-0.05, 0) is 54.8 Å². The van der Waals surface area contributed by atoms with Crippen LogP contribution in [0.5, 0.6) is 0 Å². The molecule has 0 saturated heterocycles. The lowest BCUT2D eigenvalue weighted by molar-refractivity contribution is -0.147. The van der Waals surface area contributed by atoms with Gasteiger partial charge in [-0.3, -0.25) is 14.4 Å². The summed E-state index contributed by atoms with van der Waals surface area (Å²) in [6.07, 6.45) is 3.53. The Labute approximate surface area is 200 Å². The SMILES string of the molecule is CCCCCOC(=O)c1ccc(NC(=O)CCC(=O)OCC(=O)Nc2ccc(CC)cc2)cc1. The second-order valence-electron chi connectivity index (χ2n) is 7.73. The maximum absolute atomic E-state index is 12.1. The molecule has 0 aliphatic rings. The second-order valence-corrected chi connectivity index (χ2v) is 7.73. The smallest absolute Gasteiger partial charge is 0.338 e. The predicted molar refractivity (Wildman–Crippen MR) is 130 cm³/mol. The van der Waals surface area contributed by atoms with E-state index in [9.17, 15) is 19.2 Å². The lowest BCUT2D eigenvalue weighted by Gasteiger charge is -2.08. The Bertz CT molecular complexity index is 954. The minimum atomic E-state index is -0.646. The number of aryl methyl sites for hydroxylation is 1. The van der Waals surface area contributed by atoms with Crippen molar-refractivity contribution in [3.8, 4) is 0 Å². The molecule has 0 bridgehead atoms. The Morgan fingerprint density at radius 2 is 1.35 bits per heavy atom. The number of amides is 2. The van der Waals surface area contributed by atoms with Crippen LogP contribution in [0.4, 0.5) is 11.4 Å². The molecule has 8 nitrogen and oxygen atoms in total. The van der Waals surface area contributed by atoms with Crippen molar-refractivity contribution in [2.24, 2.45) is 0 Å². The van der Waals surface area contributed by atoms with E-state index >= 15 is 0 Å². The van der Waals surface area contributed by atoms with Crippen LogP contribution in [0.3, 0.4) is 0 Å². The first kappa shape index (κ1) is 26.6. The Morgan fingerprint density at radius 3 is 1.97 bits per heavy atom. The van der Waals surface area contributed by atoms with E-state index in [2.05, 4.69) is 17.6 Å². The number of esters is 2. The monoisotopic (exact) mass is 468 g/mol. The lowest BCUT2D eigenvalue weighted by Crippen LogP contribution is -2.21. The first-order chi connectivity index (χ1) is 16.4. The summed E-state index contributed by atoms with van der Waals surface area (Å²) in [5, 5.41) is 5.30. The second kappa shape index (κ2) is 14.5. The number of rotatable bonds is 13. The van der Waals surface area contributed by atoms with E-state index in [1.54, 1.807) is 36.4 Å². The van der Waals surface area contributed by atoms with Crippen LogP contribution in [-0.2, 0) is 30.3 Å². The van der Waals surface area contributed by atoms with E-state index in [1.807, 2.05) is 19.1 Å². The van der Waals surface area contributed by atoms with Crippen LogP contribution in [0.2, 0.25) is 0 Å². The molecule has 0 aromatic heterocycles. The fourth-order valence-corrected chi connectivity index (χ4v) is 2.97. The summed E-state index contributed by atoms with van der Waals surface area (Å²) < 4.78 is 10.1. The third-order valence-electron chi connectivity index (χ3n) is 4.95. The van der Waals surface area contributed by atoms with Gasteiger partial charge < -0.3 is 20.1 Å². The highest BCUT2D eigenvalue weighted by molar-refractivity contribution is 5.95. The summed E-state index contributed by atoms with van der Waals surface area (Å²) in [6.45, 7) is 4.07. The van der Waals surface area contributed by atoms with Gasteiger partial charge in [0.25, 0.3) is 5.91 Å². The van der Waals surface area contributed by atoms with E-state index in [0.29, 0.717) is 23.5 Å². The van der Waals surface area contributed by atoms with Crippen LogP contribution < -0.4 is 10.6 Å². The summed E-state index contributed by atoms with van der Waals surface area (Å²) in [7, 11) is 0. The third kappa shape index (κ3) is 9.85. The Hall–Kier alpha value is -3.68. The lowest BCUT2D eigenvalue weighted by atomic mass is 10.1. The van der Waals surface area contributed by atoms with Crippen molar-refractivity contribution < 1.29 is 28.7 Å². The van der Waals surface area contributed by atoms with Crippen LogP contribution in [0.25, 0.3) is 0 Å². The van der Waals surface area contributed by atoms with Crippen molar-refractivity contribution >= 4 is 35.1 Å². The minimum absolute atomic E-state index is 0.0971. The van der Waals surface area contributed by atoms with Crippen LogP contribution in [0, 0.1) is 0 Å². The van der Waals surface area contributed by atoms with Gasteiger partial charge in [0, 0.05) is 17.8 Å². The molecule has 0 saturated carbocycles. The number of hydrogen-bond donors (Lipinski definition) is 2. The molecule has 2 amide bonds. The molecule has 0 aliphatic heterocycles. The zero-order valence-corrected chi connectivity index (χ0v) is 19.7. The molecule has 0 aliphatic carbocycles. The van der Waals surface area contributed by atoms with Crippen molar-refractivity contribution in [3.63, 3.8) is 0 Å². The Morgan fingerprint density at radius 1 is 0.735 bits per heavy atom. The Balaban J connectivity index is 1.66. The third-order valence-corrected chi connectivity index (χ3v) is 4.95. The summed E-state index contributed by atoms with van der Waals surface area (Å²) in [4.78, 5) is 47.8. The highest BCUT2D eigenvalue weighted by Crippen LogP contribution is 2.12. The molecule has 8 heteroatoms. The summed E-state index contributed by atoms with van der Waals surface area (Å²) in [5.74, 6) is -1.88. The molecular weight excluding hydrogens is 436 g/mol. The molecule has 2 N–H and O–H groups in total. The molecule has 0 unspecified atom stereocenters. The maximum Gasteiger partial charge on any atom is 0.338 e. The summed E-state index contributed by atoms with van der Waals surface area (Å²) >= 11 is 0. The van der Waals surface area contributed by atoms with Crippen molar-refractivity contribution in [1.29, 1.82) is 0 Å². The van der Waals surface area contributed by atoms with Gasteiger partial charge in [0.1, 0.15) is 0 Å². The van der Waals surface area contributed by atoms with Crippen LogP contribution in [0.15, 0.2) is 48.5 Å². The molecule has 0 radical (unpaired) electrons. The predicted octanol–water partition coefficient (Wildman–Crippen LogP) is 4.50. The first-order valence-electron chi connectivity index (χ1n) is 11.5. The molecular formula is C26H32N2O6. The first-order valence-corrected chi connectivity index (χ1v) is 11.5. The summed E-state index contributed by atoms with van der Waals surface area (Å²) in [6, 6.07) is 13.7. The van der Waals surface area contributed by atoms with Gasteiger partial charge in [-0.2, -0.15) is 0 Å². The van der Waals surface area contributed by atoms with Crippen LogP contribution in [0.1, 0.15) is 61.9 Å². The van der Waals surface area contributed by atoms with Gasteiger partial charge >= 0.3 is 11.9 Å². The average molecular weight is 469 g/mol. The molecule has 2 aromatic rings. The standard InChI is InChI=1S/C26H32N2O6/c1-3-5-6-17-33-26(32)20-9-13-22(14-10-20)27-23(29)15-16-25(31)34-18-24(30)28-21-11-7-19(4-2)8-12-21/h7-14H,3-6,15-18H2,1-2H3,(H,27,29)(H,28,30). The number of nitrogens with one attached hydrogen (secondary N) is 2. The van der Waals surface area contributed by atoms with Gasteiger partial charge in [-0.1, -0.05) is 38.8 Å². The highest BCUT2D eigenvalue weighted by Gasteiger charge is 2.12. The average Bonchev–Trinajstić information content (AvgIpc) is 2.85. The van der Waals surface area contributed by atoms with E-state index in [1.165, 1.54) is 0 Å². The number of carbonyl (C=O) groups excluding carboxylic acids is 4.